The fraction of sp³-hybridized carbons (Fsp3) is 0.231. The highest BCUT2D eigenvalue weighted by molar-refractivity contribution is 7.98. The molecule has 102 valence electrons. The Morgan fingerprint density at radius 1 is 1.16 bits per heavy atom. The molecule has 2 rings (SSSR count). The maximum Gasteiger partial charge on any atom is 0.418 e. The molecule has 0 fully saturated rings. The van der Waals surface area contributed by atoms with Gasteiger partial charge in [-0.25, -0.2) is 0 Å². The van der Waals surface area contributed by atoms with Crippen LogP contribution in [0.25, 0.3) is 5.69 Å². The predicted octanol–water partition coefficient (Wildman–Crippen LogP) is 4.23. The van der Waals surface area contributed by atoms with Crippen LogP contribution in [0.4, 0.5) is 13.2 Å². The second-order valence-electron chi connectivity index (χ2n) is 3.78. The maximum atomic E-state index is 13.0. The Morgan fingerprint density at radius 3 is 2.42 bits per heavy atom. The van der Waals surface area contributed by atoms with Crippen LogP contribution in [-0.2, 0) is 6.18 Å². The van der Waals surface area contributed by atoms with E-state index in [1.807, 2.05) is 0 Å². The molecule has 19 heavy (non-hydrogen) atoms. The number of hydrogen-bond acceptors (Lipinski definition) is 2. The molecule has 0 aliphatic carbocycles. The molecule has 1 aromatic carbocycles. The lowest BCUT2D eigenvalue weighted by atomic mass is 10.1. The number of benzene rings is 1. The molecule has 0 saturated heterocycles. The summed E-state index contributed by atoms with van der Waals surface area (Å²) in [5.41, 5.74) is -0.564. The minimum Gasteiger partial charge on any atom is -0.494 e. The van der Waals surface area contributed by atoms with Crippen molar-refractivity contribution in [2.75, 3.05) is 13.4 Å². The van der Waals surface area contributed by atoms with E-state index in [9.17, 15) is 13.2 Å². The topological polar surface area (TPSA) is 14.2 Å². The Morgan fingerprint density at radius 2 is 1.84 bits per heavy atom. The van der Waals surface area contributed by atoms with Gasteiger partial charge in [-0.05, 0) is 24.5 Å². The molecule has 0 atom stereocenters. The van der Waals surface area contributed by atoms with Crippen LogP contribution < -0.4 is 4.74 Å². The molecular weight excluding hydrogens is 275 g/mol. The predicted molar refractivity (Wildman–Crippen MR) is 69.1 cm³/mol. The summed E-state index contributed by atoms with van der Waals surface area (Å²) in [7, 11) is 1.50. The van der Waals surface area contributed by atoms with Gasteiger partial charge in [0.25, 0.3) is 0 Å². The monoisotopic (exact) mass is 287 g/mol. The molecule has 0 saturated carbocycles. The van der Waals surface area contributed by atoms with Crippen molar-refractivity contribution in [1.29, 1.82) is 0 Å². The van der Waals surface area contributed by atoms with Crippen molar-refractivity contribution in [3.63, 3.8) is 0 Å². The van der Waals surface area contributed by atoms with E-state index in [-0.39, 0.29) is 5.69 Å². The van der Waals surface area contributed by atoms with Gasteiger partial charge in [-0.15, -0.1) is 11.8 Å². The summed E-state index contributed by atoms with van der Waals surface area (Å²) in [4.78, 5) is 0. The van der Waals surface area contributed by atoms with Gasteiger partial charge in [0.15, 0.2) is 5.75 Å². The number of alkyl halides is 3. The second-order valence-corrected chi connectivity index (χ2v) is 4.57. The largest absolute Gasteiger partial charge is 0.494 e. The lowest BCUT2D eigenvalue weighted by Gasteiger charge is -2.15. The van der Waals surface area contributed by atoms with Gasteiger partial charge in [-0.3, -0.25) is 0 Å². The fourth-order valence-corrected chi connectivity index (χ4v) is 2.58. The van der Waals surface area contributed by atoms with Crippen molar-refractivity contribution in [2.24, 2.45) is 0 Å². The van der Waals surface area contributed by atoms with E-state index < -0.39 is 11.7 Å². The fourth-order valence-electron chi connectivity index (χ4n) is 1.87. The second kappa shape index (κ2) is 5.21. The molecule has 1 aromatic heterocycles. The quantitative estimate of drug-likeness (QED) is 0.784. The zero-order chi connectivity index (χ0) is 14.0. The van der Waals surface area contributed by atoms with Crippen molar-refractivity contribution in [1.82, 2.24) is 4.57 Å². The van der Waals surface area contributed by atoms with Crippen LogP contribution in [0.2, 0.25) is 0 Å². The van der Waals surface area contributed by atoms with Crippen LogP contribution in [0.1, 0.15) is 5.56 Å². The van der Waals surface area contributed by atoms with Gasteiger partial charge in [-0.1, -0.05) is 12.1 Å². The van der Waals surface area contributed by atoms with Gasteiger partial charge >= 0.3 is 6.18 Å². The van der Waals surface area contributed by atoms with Crippen LogP contribution >= 0.6 is 11.8 Å². The molecule has 0 spiro atoms. The summed E-state index contributed by atoms with van der Waals surface area (Å²) in [6, 6.07) is 7.14. The number of para-hydroxylation sites is 1. The van der Waals surface area contributed by atoms with Crippen LogP contribution in [-0.4, -0.2) is 17.9 Å². The first-order valence-electron chi connectivity index (χ1n) is 5.45. The first kappa shape index (κ1) is 13.9. The Labute approximate surface area is 113 Å². The van der Waals surface area contributed by atoms with Crippen molar-refractivity contribution in [2.45, 2.75) is 11.2 Å². The summed E-state index contributed by atoms with van der Waals surface area (Å²) >= 11 is 1.34. The lowest BCUT2D eigenvalue weighted by Crippen LogP contribution is -2.10. The maximum absolute atomic E-state index is 13.0. The molecule has 0 aliphatic rings. The minimum absolute atomic E-state index is 0.0997. The number of methoxy groups -OCH3 is 1. The van der Waals surface area contributed by atoms with Crippen LogP contribution in [0.3, 0.4) is 0 Å². The van der Waals surface area contributed by atoms with Crippen LogP contribution in [0, 0.1) is 0 Å². The van der Waals surface area contributed by atoms with Gasteiger partial charge in [0, 0.05) is 6.20 Å². The van der Waals surface area contributed by atoms with E-state index >= 15 is 0 Å². The number of hydrogen-bond donors (Lipinski definition) is 0. The molecule has 0 N–H and O–H groups in total. The van der Waals surface area contributed by atoms with Gasteiger partial charge in [0.05, 0.1) is 18.4 Å². The third-order valence-electron chi connectivity index (χ3n) is 2.69. The zero-order valence-corrected chi connectivity index (χ0v) is 11.2. The highest BCUT2D eigenvalue weighted by Crippen LogP contribution is 2.37. The molecule has 0 aliphatic heterocycles. The summed E-state index contributed by atoms with van der Waals surface area (Å²) in [6.07, 6.45) is -1.01. The molecule has 6 heteroatoms. The normalized spacial score (nSPS) is 11.6. The van der Waals surface area contributed by atoms with Crippen LogP contribution in [0.5, 0.6) is 5.75 Å². The molecule has 2 nitrogen and oxygen atoms in total. The average molecular weight is 287 g/mol. The van der Waals surface area contributed by atoms with Crippen LogP contribution in [0.15, 0.2) is 41.6 Å². The van der Waals surface area contributed by atoms with Gasteiger partial charge in [-0.2, -0.15) is 13.2 Å². The molecule has 0 bridgehead atoms. The molecular formula is C13H12F3NOS. The highest BCUT2D eigenvalue weighted by atomic mass is 32.2. The molecule has 0 unspecified atom stereocenters. The third-order valence-corrected chi connectivity index (χ3v) is 3.47. The number of halogens is 3. The van der Waals surface area contributed by atoms with E-state index in [4.69, 9.17) is 4.74 Å². The highest BCUT2D eigenvalue weighted by Gasteiger charge is 2.34. The van der Waals surface area contributed by atoms with Gasteiger partial charge < -0.3 is 9.30 Å². The summed E-state index contributed by atoms with van der Waals surface area (Å²) in [5, 5.41) is 0.638. The van der Waals surface area contributed by atoms with Gasteiger partial charge in [0.1, 0.15) is 5.03 Å². The van der Waals surface area contributed by atoms with Crippen molar-refractivity contribution < 1.29 is 17.9 Å². The van der Waals surface area contributed by atoms with E-state index in [0.717, 1.165) is 6.07 Å². The van der Waals surface area contributed by atoms with E-state index in [2.05, 4.69) is 0 Å². The summed E-state index contributed by atoms with van der Waals surface area (Å²) in [5.74, 6) is 0.560. The smallest absolute Gasteiger partial charge is 0.418 e. The van der Waals surface area contributed by atoms with E-state index in [1.165, 1.54) is 35.6 Å². The van der Waals surface area contributed by atoms with E-state index in [1.54, 1.807) is 24.6 Å². The SMILES string of the molecule is COc1ccn(-c2ccccc2C(F)(F)F)c1SC. The molecule has 0 amide bonds. The Balaban J connectivity index is 2.63. The number of rotatable bonds is 3. The summed E-state index contributed by atoms with van der Waals surface area (Å²) in [6.45, 7) is 0. The average Bonchev–Trinajstić information content (AvgIpc) is 2.80. The molecule has 2 aromatic rings. The lowest BCUT2D eigenvalue weighted by molar-refractivity contribution is -0.137. The molecule has 1 heterocycles. The van der Waals surface area contributed by atoms with Gasteiger partial charge in [0.2, 0.25) is 0 Å². The number of nitrogens with zero attached hydrogens (tertiary/aromatic N) is 1. The third kappa shape index (κ3) is 2.58. The minimum atomic E-state index is -4.39. The number of aromatic nitrogens is 1. The Hall–Kier alpha value is -1.56. The van der Waals surface area contributed by atoms with Crippen molar-refractivity contribution >= 4 is 11.8 Å². The number of thioether (sulfide) groups is 1. The van der Waals surface area contributed by atoms with Crippen molar-refractivity contribution in [3.8, 4) is 11.4 Å². The standard InChI is InChI=1S/C13H12F3NOS/c1-18-11-7-8-17(12(11)19-2)10-6-4-3-5-9(10)13(14,15)16/h3-8H,1-2H3. The van der Waals surface area contributed by atoms with Crippen molar-refractivity contribution in [3.05, 3.63) is 42.1 Å². The van der Waals surface area contributed by atoms with E-state index in [0.29, 0.717) is 10.8 Å². The Kier molecular flexibility index (Phi) is 3.80. The first-order valence-corrected chi connectivity index (χ1v) is 6.67. The Bertz CT molecular complexity index is 578. The summed E-state index contributed by atoms with van der Waals surface area (Å²) < 4.78 is 45.7. The first-order chi connectivity index (χ1) is 8.99. The zero-order valence-electron chi connectivity index (χ0n) is 10.4. The molecule has 0 radical (unpaired) electrons. The number of ether oxygens (including phenoxy) is 1.